The van der Waals surface area contributed by atoms with E-state index in [1.165, 1.54) is 0 Å². The Bertz CT molecular complexity index is 532. The number of benzene rings is 1. The van der Waals surface area contributed by atoms with Crippen molar-refractivity contribution in [2.45, 2.75) is 0 Å². The SMILES string of the molecule is Nc1ncnn1C(=O)c1c(F)cccc1F. The normalized spacial score (nSPS) is 10.4. The van der Waals surface area contributed by atoms with Crippen LogP contribution in [0.1, 0.15) is 10.4 Å². The molecule has 16 heavy (non-hydrogen) atoms. The van der Waals surface area contributed by atoms with Gasteiger partial charge in [-0.15, -0.1) is 0 Å². The number of hydrogen-bond acceptors (Lipinski definition) is 4. The highest BCUT2D eigenvalue weighted by Crippen LogP contribution is 2.14. The number of carbonyl (C=O) groups excluding carboxylic acids is 1. The molecule has 0 unspecified atom stereocenters. The number of nitrogens with zero attached hydrogens (tertiary/aromatic N) is 3. The Morgan fingerprint density at radius 2 is 1.94 bits per heavy atom. The van der Waals surface area contributed by atoms with Gasteiger partial charge in [-0.2, -0.15) is 14.8 Å². The molecule has 0 aliphatic rings. The molecular weight excluding hydrogens is 218 g/mol. The topological polar surface area (TPSA) is 73.8 Å². The molecule has 1 heterocycles. The van der Waals surface area contributed by atoms with Crippen LogP contribution in [-0.4, -0.2) is 20.7 Å². The molecule has 2 rings (SSSR count). The average molecular weight is 224 g/mol. The van der Waals surface area contributed by atoms with Crippen LogP contribution in [0.2, 0.25) is 0 Å². The summed E-state index contributed by atoms with van der Waals surface area (Å²) in [5, 5.41) is 3.47. The van der Waals surface area contributed by atoms with Gasteiger partial charge in [0.2, 0.25) is 5.95 Å². The van der Waals surface area contributed by atoms with Gasteiger partial charge in [-0.3, -0.25) is 4.79 Å². The van der Waals surface area contributed by atoms with Crippen LogP contribution in [0, 0.1) is 11.6 Å². The number of aromatic nitrogens is 3. The molecule has 0 amide bonds. The Kier molecular flexibility index (Phi) is 2.35. The van der Waals surface area contributed by atoms with E-state index in [9.17, 15) is 13.6 Å². The number of rotatable bonds is 1. The van der Waals surface area contributed by atoms with Crippen LogP contribution >= 0.6 is 0 Å². The molecule has 7 heteroatoms. The van der Waals surface area contributed by atoms with Crippen molar-refractivity contribution in [1.82, 2.24) is 14.8 Å². The smallest absolute Gasteiger partial charge is 0.287 e. The van der Waals surface area contributed by atoms with Gasteiger partial charge in [-0.1, -0.05) is 6.07 Å². The largest absolute Gasteiger partial charge is 0.368 e. The van der Waals surface area contributed by atoms with E-state index in [1.807, 2.05) is 0 Å². The van der Waals surface area contributed by atoms with E-state index in [4.69, 9.17) is 5.73 Å². The highest BCUT2D eigenvalue weighted by molar-refractivity contribution is 5.97. The van der Waals surface area contributed by atoms with Gasteiger partial charge in [-0.05, 0) is 12.1 Å². The maximum atomic E-state index is 13.3. The second-order valence-electron chi connectivity index (χ2n) is 2.93. The summed E-state index contributed by atoms with van der Waals surface area (Å²) in [7, 11) is 0. The van der Waals surface area contributed by atoms with Crippen molar-refractivity contribution in [2.75, 3.05) is 5.73 Å². The van der Waals surface area contributed by atoms with Crippen molar-refractivity contribution < 1.29 is 13.6 Å². The van der Waals surface area contributed by atoms with Crippen LogP contribution in [0.4, 0.5) is 14.7 Å². The molecule has 2 aromatic rings. The Hall–Kier alpha value is -2.31. The zero-order chi connectivity index (χ0) is 11.7. The van der Waals surface area contributed by atoms with Crippen LogP contribution in [0.3, 0.4) is 0 Å². The second-order valence-corrected chi connectivity index (χ2v) is 2.93. The van der Waals surface area contributed by atoms with E-state index in [0.29, 0.717) is 4.68 Å². The maximum Gasteiger partial charge on any atom is 0.287 e. The van der Waals surface area contributed by atoms with Crippen LogP contribution in [0.25, 0.3) is 0 Å². The molecule has 0 aliphatic heterocycles. The van der Waals surface area contributed by atoms with Crippen molar-refractivity contribution in [3.63, 3.8) is 0 Å². The highest BCUT2D eigenvalue weighted by Gasteiger charge is 2.20. The summed E-state index contributed by atoms with van der Waals surface area (Å²) >= 11 is 0. The third kappa shape index (κ3) is 1.52. The Morgan fingerprint density at radius 3 is 2.44 bits per heavy atom. The Morgan fingerprint density at radius 1 is 1.31 bits per heavy atom. The number of halogens is 2. The lowest BCUT2D eigenvalue weighted by atomic mass is 10.2. The highest BCUT2D eigenvalue weighted by atomic mass is 19.1. The van der Waals surface area contributed by atoms with Crippen molar-refractivity contribution in [1.29, 1.82) is 0 Å². The van der Waals surface area contributed by atoms with Gasteiger partial charge in [0.15, 0.2) is 0 Å². The van der Waals surface area contributed by atoms with Crippen LogP contribution in [0.15, 0.2) is 24.5 Å². The fourth-order valence-corrected chi connectivity index (χ4v) is 1.21. The number of carbonyl (C=O) groups is 1. The Labute approximate surface area is 88.5 Å². The molecular formula is C9H6F2N4O. The first-order chi connectivity index (χ1) is 7.61. The predicted octanol–water partition coefficient (Wildman–Crippen LogP) is 0.827. The molecule has 2 N–H and O–H groups in total. The van der Waals surface area contributed by atoms with Gasteiger partial charge in [0.05, 0.1) is 0 Å². The Balaban J connectivity index is 2.54. The third-order valence-corrected chi connectivity index (χ3v) is 1.94. The van der Waals surface area contributed by atoms with Crippen LogP contribution in [-0.2, 0) is 0 Å². The van der Waals surface area contributed by atoms with E-state index in [2.05, 4.69) is 10.1 Å². The lowest BCUT2D eigenvalue weighted by Crippen LogP contribution is -2.19. The molecule has 82 valence electrons. The second kappa shape index (κ2) is 3.69. The molecule has 5 nitrogen and oxygen atoms in total. The molecule has 1 aromatic carbocycles. The number of hydrogen-bond donors (Lipinski definition) is 1. The minimum atomic E-state index is -0.995. The fraction of sp³-hybridized carbons (Fsp3) is 0. The van der Waals surface area contributed by atoms with Gasteiger partial charge in [-0.25, -0.2) is 8.78 Å². The number of nitrogens with two attached hydrogens (primary N) is 1. The van der Waals surface area contributed by atoms with Gasteiger partial charge in [0.1, 0.15) is 23.5 Å². The summed E-state index contributed by atoms with van der Waals surface area (Å²) in [5.41, 5.74) is 4.59. The molecule has 0 saturated heterocycles. The molecule has 1 aromatic heterocycles. The monoisotopic (exact) mass is 224 g/mol. The lowest BCUT2D eigenvalue weighted by molar-refractivity contribution is 0.0939. The predicted molar refractivity (Wildman–Crippen MR) is 50.5 cm³/mol. The van der Waals surface area contributed by atoms with E-state index in [1.54, 1.807) is 0 Å². The lowest BCUT2D eigenvalue weighted by Gasteiger charge is -2.03. The standard InChI is InChI=1S/C9H6F2N4O/c10-5-2-1-3-6(11)7(5)8(16)15-9(12)13-4-14-15/h1-4H,(H2,12,13,14). The van der Waals surface area contributed by atoms with Crippen molar-refractivity contribution in [3.8, 4) is 0 Å². The van der Waals surface area contributed by atoms with Crippen molar-refractivity contribution in [2.24, 2.45) is 0 Å². The summed E-state index contributed by atoms with van der Waals surface area (Å²) < 4.78 is 27.1. The summed E-state index contributed by atoms with van der Waals surface area (Å²) in [4.78, 5) is 15.2. The third-order valence-electron chi connectivity index (χ3n) is 1.94. The molecule has 0 spiro atoms. The number of nitrogen functional groups attached to an aromatic ring is 1. The molecule has 0 radical (unpaired) electrons. The minimum Gasteiger partial charge on any atom is -0.368 e. The van der Waals surface area contributed by atoms with Crippen molar-refractivity contribution >= 4 is 11.9 Å². The molecule has 0 saturated carbocycles. The van der Waals surface area contributed by atoms with Crippen molar-refractivity contribution in [3.05, 3.63) is 41.7 Å². The van der Waals surface area contributed by atoms with Gasteiger partial charge in [0.25, 0.3) is 5.91 Å². The van der Waals surface area contributed by atoms with E-state index in [-0.39, 0.29) is 5.95 Å². The summed E-state index contributed by atoms with van der Waals surface area (Å²) in [6.07, 6.45) is 1.02. The van der Waals surface area contributed by atoms with Crippen LogP contribution < -0.4 is 5.73 Å². The zero-order valence-corrected chi connectivity index (χ0v) is 7.89. The van der Waals surface area contributed by atoms with E-state index < -0.39 is 23.1 Å². The molecule has 0 bridgehead atoms. The molecule has 0 atom stereocenters. The van der Waals surface area contributed by atoms with Crippen LogP contribution in [0.5, 0.6) is 0 Å². The molecule has 0 fully saturated rings. The number of anilines is 1. The quantitative estimate of drug-likeness (QED) is 0.778. The summed E-state index contributed by atoms with van der Waals surface area (Å²) in [6.45, 7) is 0. The zero-order valence-electron chi connectivity index (χ0n) is 7.89. The summed E-state index contributed by atoms with van der Waals surface area (Å²) in [6, 6.07) is 3.11. The first kappa shape index (κ1) is 10.2. The van der Waals surface area contributed by atoms with Gasteiger partial charge >= 0.3 is 0 Å². The molecule has 0 aliphatic carbocycles. The maximum absolute atomic E-state index is 13.3. The van der Waals surface area contributed by atoms with Gasteiger partial charge in [0, 0.05) is 0 Å². The van der Waals surface area contributed by atoms with Gasteiger partial charge < -0.3 is 5.73 Å². The fourth-order valence-electron chi connectivity index (χ4n) is 1.21. The first-order valence-electron chi connectivity index (χ1n) is 4.25. The average Bonchev–Trinajstić information content (AvgIpc) is 2.64. The van der Waals surface area contributed by atoms with E-state index >= 15 is 0 Å². The first-order valence-corrected chi connectivity index (χ1v) is 4.25. The van der Waals surface area contributed by atoms with E-state index in [0.717, 1.165) is 24.5 Å². The summed E-state index contributed by atoms with van der Waals surface area (Å²) in [5.74, 6) is -3.17. The minimum absolute atomic E-state index is 0.229.